The fourth-order valence-electron chi connectivity index (χ4n) is 0.914. The Morgan fingerprint density at radius 1 is 1.57 bits per heavy atom. The third-order valence-corrected chi connectivity index (χ3v) is 3.80. The maximum atomic E-state index is 10.7. The van der Waals surface area contributed by atoms with Crippen LogP contribution in [0.1, 0.15) is 30.5 Å². The predicted octanol–water partition coefficient (Wildman–Crippen LogP) is 2.38. The largest absolute Gasteiger partial charge is 0.246 e. The van der Waals surface area contributed by atoms with Gasteiger partial charge in [0.15, 0.2) is 0 Å². The summed E-state index contributed by atoms with van der Waals surface area (Å²) >= 11 is 1.48. The van der Waals surface area contributed by atoms with Crippen LogP contribution in [0.15, 0.2) is 5.38 Å². The van der Waals surface area contributed by atoms with Crippen LogP contribution < -0.4 is 0 Å². The van der Waals surface area contributed by atoms with Crippen molar-refractivity contribution >= 4 is 31.1 Å². The Kier molecular flexibility index (Phi) is 3.92. The molecule has 0 amide bonds. The van der Waals surface area contributed by atoms with E-state index in [1.807, 2.05) is 5.38 Å². The van der Waals surface area contributed by atoms with Gasteiger partial charge in [-0.15, -0.1) is 11.3 Å². The van der Waals surface area contributed by atoms with Gasteiger partial charge in [0, 0.05) is 22.5 Å². The Hall–Kier alpha value is -0.130. The first-order chi connectivity index (χ1) is 6.38. The first-order valence-electron chi connectivity index (χ1n) is 4.25. The highest BCUT2D eigenvalue weighted by Gasteiger charge is 2.09. The highest BCUT2D eigenvalue weighted by atomic mass is 35.7. The number of hydrogen-bond acceptors (Lipinski definition) is 4. The summed E-state index contributed by atoms with van der Waals surface area (Å²) in [6.45, 7) is 4.11. The second kappa shape index (κ2) is 4.59. The third kappa shape index (κ3) is 3.94. The van der Waals surface area contributed by atoms with Crippen LogP contribution in [0.4, 0.5) is 0 Å². The summed E-state index contributed by atoms with van der Waals surface area (Å²) in [6, 6.07) is 0. The fraction of sp³-hybridized carbons (Fsp3) is 0.625. The van der Waals surface area contributed by atoms with E-state index in [1.165, 1.54) is 11.3 Å². The molecule has 0 spiro atoms. The zero-order chi connectivity index (χ0) is 10.8. The summed E-state index contributed by atoms with van der Waals surface area (Å²) in [5.41, 5.74) is 1.01. The average molecular weight is 254 g/mol. The van der Waals surface area contributed by atoms with Crippen molar-refractivity contribution in [3.8, 4) is 0 Å². The molecule has 0 unspecified atom stereocenters. The van der Waals surface area contributed by atoms with Crippen LogP contribution in [0, 0.1) is 0 Å². The molecule has 1 rings (SSSR count). The molecule has 80 valence electrons. The van der Waals surface area contributed by atoms with Crippen LogP contribution in [0.25, 0.3) is 0 Å². The molecule has 0 N–H and O–H groups in total. The van der Waals surface area contributed by atoms with Gasteiger partial charge in [0.25, 0.3) is 0 Å². The summed E-state index contributed by atoms with van der Waals surface area (Å²) in [5, 5.41) is 2.79. The molecule has 0 aliphatic carbocycles. The van der Waals surface area contributed by atoms with E-state index in [1.54, 1.807) is 0 Å². The van der Waals surface area contributed by atoms with E-state index in [9.17, 15) is 8.42 Å². The van der Waals surface area contributed by atoms with Gasteiger partial charge in [-0.2, -0.15) is 0 Å². The van der Waals surface area contributed by atoms with Crippen molar-refractivity contribution in [2.24, 2.45) is 0 Å². The lowest BCUT2D eigenvalue weighted by molar-refractivity contribution is 0.608. The van der Waals surface area contributed by atoms with E-state index < -0.39 is 9.05 Å². The molecule has 14 heavy (non-hydrogen) atoms. The normalized spacial score (nSPS) is 12.3. The summed E-state index contributed by atoms with van der Waals surface area (Å²) in [4.78, 5) is 4.31. The monoisotopic (exact) mass is 253 g/mol. The van der Waals surface area contributed by atoms with Crippen LogP contribution in [-0.2, 0) is 15.5 Å². The number of thiazole rings is 1. The topological polar surface area (TPSA) is 47.0 Å². The standard InChI is InChI=1S/C8H12ClNO2S2/c1-6(2)7-5-13-8(10-7)3-4-14(9,11)12/h5-6H,3-4H2,1-2H3. The van der Waals surface area contributed by atoms with Gasteiger partial charge in [-0.1, -0.05) is 13.8 Å². The highest BCUT2D eigenvalue weighted by Crippen LogP contribution is 2.18. The number of halogens is 1. The number of aryl methyl sites for hydroxylation is 1. The molecule has 3 nitrogen and oxygen atoms in total. The molecule has 0 bridgehead atoms. The number of nitrogens with zero attached hydrogens (tertiary/aromatic N) is 1. The summed E-state index contributed by atoms with van der Waals surface area (Å²) in [6.07, 6.45) is 0.406. The SMILES string of the molecule is CC(C)c1csc(CCS(=O)(=O)Cl)n1. The van der Waals surface area contributed by atoms with Crippen LogP contribution in [0.3, 0.4) is 0 Å². The second-order valence-electron chi connectivity index (χ2n) is 3.31. The van der Waals surface area contributed by atoms with Crippen LogP contribution in [-0.4, -0.2) is 19.2 Å². The van der Waals surface area contributed by atoms with Gasteiger partial charge < -0.3 is 0 Å². The number of rotatable bonds is 4. The smallest absolute Gasteiger partial charge is 0.233 e. The molecule has 0 aliphatic heterocycles. The Labute approximate surface area is 92.5 Å². The van der Waals surface area contributed by atoms with Crippen LogP contribution in [0.5, 0.6) is 0 Å². The maximum absolute atomic E-state index is 10.7. The fourth-order valence-corrected chi connectivity index (χ4v) is 2.67. The lowest BCUT2D eigenvalue weighted by atomic mass is 10.2. The predicted molar refractivity (Wildman–Crippen MR) is 59.5 cm³/mol. The summed E-state index contributed by atoms with van der Waals surface area (Å²) in [5.74, 6) is 0.340. The lowest BCUT2D eigenvalue weighted by Gasteiger charge is -1.97. The van der Waals surface area contributed by atoms with Gasteiger partial charge in [-0.05, 0) is 5.92 Å². The Bertz CT molecular complexity index is 397. The minimum absolute atomic E-state index is 0.0421. The average Bonchev–Trinajstić information content (AvgIpc) is 2.47. The molecule has 6 heteroatoms. The van der Waals surface area contributed by atoms with E-state index >= 15 is 0 Å². The molecule has 1 aromatic rings. The van der Waals surface area contributed by atoms with E-state index in [0.717, 1.165) is 10.7 Å². The molecule has 1 heterocycles. The number of aromatic nitrogens is 1. The molecule has 0 saturated carbocycles. The molecular formula is C8H12ClNO2S2. The van der Waals surface area contributed by atoms with Gasteiger partial charge in [0.2, 0.25) is 9.05 Å². The van der Waals surface area contributed by atoms with Crippen molar-refractivity contribution in [1.82, 2.24) is 4.98 Å². The van der Waals surface area contributed by atoms with Crippen molar-refractivity contribution in [2.45, 2.75) is 26.2 Å². The van der Waals surface area contributed by atoms with Gasteiger partial charge in [0.1, 0.15) is 0 Å². The van der Waals surface area contributed by atoms with Gasteiger partial charge >= 0.3 is 0 Å². The molecule has 0 aromatic carbocycles. The van der Waals surface area contributed by atoms with Crippen LogP contribution in [0.2, 0.25) is 0 Å². The molecule has 0 atom stereocenters. The maximum Gasteiger partial charge on any atom is 0.233 e. The lowest BCUT2D eigenvalue weighted by Crippen LogP contribution is -2.01. The first-order valence-corrected chi connectivity index (χ1v) is 7.61. The quantitative estimate of drug-likeness (QED) is 0.774. The Morgan fingerprint density at radius 3 is 2.64 bits per heavy atom. The summed E-state index contributed by atoms with van der Waals surface area (Å²) < 4.78 is 21.4. The molecule has 0 radical (unpaired) electrons. The van der Waals surface area contributed by atoms with E-state index in [4.69, 9.17) is 10.7 Å². The van der Waals surface area contributed by atoms with Crippen molar-refractivity contribution in [3.05, 3.63) is 16.1 Å². The third-order valence-electron chi connectivity index (χ3n) is 1.72. The molecule has 1 aromatic heterocycles. The van der Waals surface area contributed by atoms with Crippen molar-refractivity contribution in [2.75, 3.05) is 5.75 Å². The molecular weight excluding hydrogens is 242 g/mol. The minimum atomic E-state index is -3.39. The van der Waals surface area contributed by atoms with E-state index in [0.29, 0.717) is 12.3 Å². The van der Waals surface area contributed by atoms with Crippen molar-refractivity contribution in [3.63, 3.8) is 0 Å². The zero-order valence-corrected chi connectivity index (χ0v) is 10.4. The molecule has 0 aliphatic rings. The summed E-state index contributed by atoms with van der Waals surface area (Å²) in [7, 11) is 1.71. The van der Waals surface area contributed by atoms with Gasteiger partial charge in [-0.3, -0.25) is 0 Å². The molecule has 0 saturated heterocycles. The van der Waals surface area contributed by atoms with Gasteiger partial charge in [0.05, 0.1) is 16.5 Å². The second-order valence-corrected chi connectivity index (χ2v) is 7.15. The Morgan fingerprint density at radius 2 is 2.21 bits per heavy atom. The number of hydrogen-bond donors (Lipinski definition) is 0. The van der Waals surface area contributed by atoms with E-state index in [-0.39, 0.29) is 5.75 Å². The molecule has 0 fully saturated rings. The van der Waals surface area contributed by atoms with Crippen molar-refractivity contribution < 1.29 is 8.42 Å². The Balaban J connectivity index is 2.61. The minimum Gasteiger partial charge on any atom is -0.246 e. The zero-order valence-electron chi connectivity index (χ0n) is 8.03. The first kappa shape index (κ1) is 11.9. The van der Waals surface area contributed by atoms with E-state index in [2.05, 4.69) is 18.8 Å². The van der Waals surface area contributed by atoms with Crippen LogP contribution >= 0.6 is 22.0 Å². The highest BCUT2D eigenvalue weighted by molar-refractivity contribution is 8.13. The van der Waals surface area contributed by atoms with Crippen molar-refractivity contribution in [1.29, 1.82) is 0 Å². The van der Waals surface area contributed by atoms with Gasteiger partial charge in [-0.25, -0.2) is 13.4 Å².